The highest BCUT2D eigenvalue weighted by Crippen LogP contribution is 2.12. The van der Waals surface area contributed by atoms with Crippen LogP contribution in [-0.2, 0) is 38.7 Å². The molecule has 22 heavy (non-hydrogen) atoms. The fraction of sp³-hybridized carbons (Fsp3) is 0.500. The van der Waals surface area contributed by atoms with Gasteiger partial charge < -0.3 is 10.2 Å². The predicted octanol–water partition coefficient (Wildman–Crippen LogP) is -0.334. The van der Waals surface area contributed by atoms with Crippen molar-refractivity contribution in [2.45, 2.75) is 38.9 Å². The molecule has 0 saturated carbocycles. The van der Waals surface area contributed by atoms with Crippen LogP contribution in [0.25, 0.3) is 0 Å². The largest absolute Gasteiger partial charge is 0.473 e. The third-order valence-electron chi connectivity index (χ3n) is 1.67. The first-order valence-corrected chi connectivity index (χ1v) is 5.66. The second kappa shape index (κ2) is 7.39. The molecule has 0 aromatic rings. The molecule has 0 aliphatic carbocycles. The van der Waals surface area contributed by atoms with Crippen LogP contribution < -0.4 is 0 Å². The number of carbonyl (C=O) groups excluding carboxylic acids is 2. The molecule has 0 aromatic carbocycles. The lowest BCUT2D eigenvalue weighted by atomic mass is 10.1. The van der Waals surface area contributed by atoms with Crippen LogP contribution in [0.3, 0.4) is 0 Å². The Hall–Kier alpha value is -2.64. The summed E-state index contributed by atoms with van der Waals surface area (Å²) >= 11 is 0. The average molecular weight is 318 g/mol. The second-order valence-electron chi connectivity index (χ2n) is 4.79. The fourth-order valence-corrected chi connectivity index (χ4v) is 0.698. The van der Waals surface area contributed by atoms with E-state index in [1.54, 1.807) is 0 Å². The van der Waals surface area contributed by atoms with Gasteiger partial charge in [-0.15, -0.1) is 0 Å². The van der Waals surface area contributed by atoms with E-state index in [0.717, 1.165) is 0 Å². The van der Waals surface area contributed by atoms with E-state index in [9.17, 15) is 19.2 Å². The number of rotatable bonds is 4. The number of aliphatic carboxylic acids is 2. The Morgan fingerprint density at radius 2 is 1.00 bits per heavy atom. The molecule has 0 saturated heterocycles. The van der Waals surface area contributed by atoms with Crippen molar-refractivity contribution in [1.29, 1.82) is 0 Å². The molecule has 0 rings (SSSR count). The number of carboxylic acids is 2. The van der Waals surface area contributed by atoms with Crippen LogP contribution in [0.1, 0.15) is 27.7 Å². The van der Waals surface area contributed by atoms with E-state index in [0.29, 0.717) is 0 Å². The van der Waals surface area contributed by atoms with E-state index in [1.807, 2.05) is 0 Å². The highest BCUT2D eigenvalue weighted by atomic mass is 17.2. The van der Waals surface area contributed by atoms with Gasteiger partial charge in [0.15, 0.2) is 11.2 Å². The van der Waals surface area contributed by atoms with Crippen LogP contribution in [-0.4, -0.2) is 45.3 Å². The van der Waals surface area contributed by atoms with Gasteiger partial charge in [0.25, 0.3) is 0 Å². The van der Waals surface area contributed by atoms with Crippen molar-refractivity contribution in [1.82, 2.24) is 0 Å². The van der Waals surface area contributed by atoms with Crippen LogP contribution in [0.2, 0.25) is 0 Å². The van der Waals surface area contributed by atoms with Gasteiger partial charge in [-0.1, -0.05) is 11.8 Å². The predicted molar refractivity (Wildman–Crippen MR) is 65.6 cm³/mol. The van der Waals surface area contributed by atoms with Crippen molar-refractivity contribution in [3.63, 3.8) is 0 Å². The zero-order valence-electron chi connectivity index (χ0n) is 12.2. The number of carboxylic acid groups (broad SMARTS) is 2. The third-order valence-corrected chi connectivity index (χ3v) is 1.67. The maximum absolute atomic E-state index is 10.7. The standard InChI is InChI=1S/C12H14O10/c1-11(2,21-19-9(17)7(13)14)5-6-12(3,4)22-20-10(18)8(15)16/h1-4H3,(H,13,14)(H,15,16). The summed E-state index contributed by atoms with van der Waals surface area (Å²) in [5.41, 5.74) is -2.80. The lowest BCUT2D eigenvalue weighted by Gasteiger charge is -2.18. The van der Waals surface area contributed by atoms with Gasteiger partial charge in [-0.3, -0.25) is 9.78 Å². The molecule has 0 aliphatic rings. The Balaban J connectivity index is 4.66. The Bertz CT molecular complexity index is 488. The summed E-state index contributed by atoms with van der Waals surface area (Å²) in [6.07, 6.45) is 0. The molecular formula is C12H14O10. The maximum Gasteiger partial charge on any atom is 0.449 e. The van der Waals surface area contributed by atoms with Crippen LogP contribution in [0, 0.1) is 11.8 Å². The fourth-order valence-electron chi connectivity index (χ4n) is 0.698. The Morgan fingerprint density at radius 1 is 0.727 bits per heavy atom. The molecule has 0 aromatic heterocycles. The number of hydrogen-bond acceptors (Lipinski definition) is 8. The molecule has 0 fully saturated rings. The SMILES string of the molecule is CC(C)(C#CC(C)(C)OOC(=O)C(=O)O)OOC(=O)C(=O)O. The average Bonchev–Trinajstić information content (AvgIpc) is 2.40. The first-order valence-electron chi connectivity index (χ1n) is 5.66. The molecule has 122 valence electrons. The monoisotopic (exact) mass is 318 g/mol. The highest BCUT2D eigenvalue weighted by Gasteiger charge is 2.26. The molecule has 0 aliphatic heterocycles. The first-order chi connectivity index (χ1) is 9.86. The smallest absolute Gasteiger partial charge is 0.449 e. The molecule has 0 heterocycles. The number of hydrogen-bond donors (Lipinski definition) is 2. The normalized spacial score (nSPS) is 10.9. The molecule has 10 nitrogen and oxygen atoms in total. The molecule has 0 atom stereocenters. The van der Waals surface area contributed by atoms with E-state index in [4.69, 9.17) is 10.2 Å². The second-order valence-corrected chi connectivity index (χ2v) is 4.79. The Morgan fingerprint density at radius 3 is 1.23 bits per heavy atom. The molecule has 0 spiro atoms. The van der Waals surface area contributed by atoms with Gasteiger partial charge >= 0.3 is 23.9 Å². The molecule has 0 unspecified atom stereocenters. The first kappa shape index (κ1) is 19.4. The van der Waals surface area contributed by atoms with Crippen molar-refractivity contribution < 1.29 is 48.9 Å². The molecule has 2 N–H and O–H groups in total. The van der Waals surface area contributed by atoms with Crippen LogP contribution >= 0.6 is 0 Å². The van der Waals surface area contributed by atoms with Gasteiger partial charge in [-0.2, -0.15) is 9.78 Å². The third kappa shape index (κ3) is 7.83. The van der Waals surface area contributed by atoms with Crippen molar-refractivity contribution >= 4 is 23.9 Å². The molecule has 0 bridgehead atoms. The van der Waals surface area contributed by atoms with E-state index in [-0.39, 0.29) is 0 Å². The van der Waals surface area contributed by atoms with Crippen LogP contribution in [0.15, 0.2) is 0 Å². The van der Waals surface area contributed by atoms with Crippen molar-refractivity contribution in [3.05, 3.63) is 0 Å². The zero-order chi connectivity index (χ0) is 17.6. The summed E-state index contributed by atoms with van der Waals surface area (Å²) in [4.78, 5) is 59.0. The molecule has 0 amide bonds. The summed E-state index contributed by atoms with van der Waals surface area (Å²) in [5, 5.41) is 16.6. The van der Waals surface area contributed by atoms with E-state index in [1.165, 1.54) is 27.7 Å². The lowest BCUT2D eigenvalue weighted by molar-refractivity contribution is -0.311. The summed E-state index contributed by atoms with van der Waals surface area (Å²) in [7, 11) is 0. The van der Waals surface area contributed by atoms with Crippen LogP contribution in [0.4, 0.5) is 0 Å². The zero-order valence-corrected chi connectivity index (χ0v) is 12.2. The minimum atomic E-state index is -1.84. The van der Waals surface area contributed by atoms with Gasteiger partial charge in [-0.25, -0.2) is 19.2 Å². The minimum Gasteiger partial charge on any atom is -0.473 e. The van der Waals surface area contributed by atoms with Gasteiger partial charge in [-0.05, 0) is 27.7 Å². The minimum absolute atomic E-state index is 1.36. The Kier molecular flexibility index (Phi) is 6.50. The van der Waals surface area contributed by atoms with E-state index in [2.05, 4.69) is 31.4 Å². The quantitative estimate of drug-likeness (QED) is 0.305. The van der Waals surface area contributed by atoms with Crippen molar-refractivity contribution in [3.8, 4) is 11.8 Å². The topological polar surface area (TPSA) is 146 Å². The lowest BCUT2D eigenvalue weighted by Crippen LogP contribution is -2.30. The highest BCUT2D eigenvalue weighted by molar-refractivity contribution is 6.28. The molecule has 10 heteroatoms. The van der Waals surface area contributed by atoms with Crippen molar-refractivity contribution in [2.24, 2.45) is 0 Å². The summed E-state index contributed by atoms with van der Waals surface area (Å²) in [6, 6.07) is 0. The maximum atomic E-state index is 10.7. The van der Waals surface area contributed by atoms with Gasteiger partial charge in [0.05, 0.1) is 0 Å². The summed E-state index contributed by atoms with van der Waals surface area (Å²) in [6.45, 7) is 5.42. The summed E-state index contributed by atoms with van der Waals surface area (Å²) in [5.74, 6) is -2.05. The summed E-state index contributed by atoms with van der Waals surface area (Å²) < 4.78 is 0. The van der Waals surface area contributed by atoms with E-state index < -0.39 is 35.1 Å². The van der Waals surface area contributed by atoms with Gasteiger partial charge in [0.1, 0.15) is 0 Å². The van der Waals surface area contributed by atoms with Crippen molar-refractivity contribution in [2.75, 3.05) is 0 Å². The molecule has 0 radical (unpaired) electrons. The Labute approximate surface area is 124 Å². The van der Waals surface area contributed by atoms with Gasteiger partial charge in [0, 0.05) is 0 Å². The van der Waals surface area contributed by atoms with Gasteiger partial charge in [0.2, 0.25) is 0 Å². The molecular weight excluding hydrogens is 304 g/mol. The van der Waals surface area contributed by atoms with E-state index >= 15 is 0 Å². The van der Waals surface area contributed by atoms with Crippen LogP contribution in [0.5, 0.6) is 0 Å². The number of carbonyl (C=O) groups is 4.